The molecule has 0 unspecified atom stereocenters. The maximum absolute atomic E-state index is 9.67. The van der Waals surface area contributed by atoms with Crippen molar-refractivity contribution in [1.29, 1.82) is 0 Å². The van der Waals surface area contributed by atoms with E-state index in [0.29, 0.717) is 5.75 Å². The topological polar surface area (TPSA) is 20.2 Å². The Kier molecular flexibility index (Phi) is 2.26. The van der Waals surface area contributed by atoms with Crippen LogP contribution in [0, 0.1) is 0 Å². The fraction of sp³-hybridized carbons (Fsp3) is 0.500. The number of phenolic OH excluding ortho intramolecular Hbond substituents is 1. The highest BCUT2D eigenvalue weighted by molar-refractivity contribution is 5.45. The van der Waals surface area contributed by atoms with Crippen LogP contribution in [0.25, 0.3) is 0 Å². The van der Waals surface area contributed by atoms with Crippen molar-refractivity contribution in [2.75, 3.05) is 0 Å². The van der Waals surface area contributed by atoms with Crippen molar-refractivity contribution in [1.82, 2.24) is 0 Å². The first-order chi connectivity index (χ1) is 6.33. The van der Waals surface area contributed by atoms with Gasteiger partial charge in [-0.05, 0) is 54.9 Å². The molecular weight excluding hydrogens is 160 g/mol. The smallest absolute Gasteiger partial charge is 0.119 e. The zero-order valence-electron chi connectivity index (χ0n) is 8.14. The Labute approximate surface area is 79.4 Å². The lowest BCUT2D eigenvalue weighted by Crippen LogP contribution is -2.05. The average Bonchev–Trinajstić information content (AvgIpc) is 2.18. The standard InChI is InChI=1S/C12H16O/c1-2-10-11-6-4-3-5-9(11)7-8-12(10)13/h7-8,13H,2-6H2,1H3. The fourth-order valence-electron chi connectivity index (χ4n) is 2.29. The Morgan fingerprint density at radius 1 is 1.23 bits per heavy atom. The van der Waals surface area contributed by atoms with E-state index in [4.69, 9.17) is 0 Å². The molecule has 0 saturated carbocycles. The van der Waals surface area contributed by atoms with E-state index in [1.807, 2.05) is 6.07 Å². The zero-order chi connectivity index (χ0) is 9.26. The number of fused-ring (bicyclic) bond motifs is 1. The van der Waals surface area contributed by atoms with Crippen molar-refractivity contribution in [2.24, 2.45) is 0 Å². The van der Waals surface area contributed by atoms with Crippen LogP contribution < -0.4 is 0 Å². The molecule has 0 radical (unpaired) electrons. The number of aryl methyl sites for hydroxylation is 1. The third-order valence-corrected chi connectivity index (χ3v) is 2.98. The first kappa shape index (κ1) is 8.61. The molecule has 1 nitrogen and oxygen atoms in total. The summed E-state index contributed by atoms with van der Waals surface area (Å²) >= 11 is 0. The van der Waals surface area contributed by atoms with Gasteiger partial charge in [0.1, 0.15) is 5.75 Å². The fourth-order valence-corrected chi connectivity index (χ4v) is 2.29. The van der Waals surface area contributed by atoms with E-state index in [1.165, 1.54) is 36.0 Å². The second-order valence-corrected chi connectivity index (χ2v) is 3.76. The lowest BCUT2D eigenvalue weighted by Gasteiger charge is -2.19. The summed E-state index contributed by atoms with van der Waals surface area (Å²) in [5, 5.41) is 9.67. The van der Waals surface area contributed by atoms with Crippen molar-refractivity contribution in [3.8, 4) is 5.75 Å². The molecule has 1 aliphatic rings. The van der Waals surface area contributed by atoms with Crippen molar-refractivity contribution in [3.63, 3.8) is 0 Å². The summed E-state index contributed by atoms with van der Waals surface area (Å²) in [6, 6.07) is 3.94. The molecule has 1 N–H and O–H groups in total. The Bertz CT molecular complexity index is 315. The highest BCUT2D eigenvalue weighted by Crippen LogP contribution is 2.30. The van der Waals surface area contributed by atoms with E-state index in [0.717, 1.165) is 12.8 Å². The molecule has 2 rings (SSSR count). The Morgan fingerprint density at radius 3 is 2.77 bits per heavy atom. The number of aromatic hydroxyl groups is 1. The van der Waals surface area contributed by atoms with Crippen LogP contribution in [0.4, 0.5) is 0 Å². The minimum Gasteiger partial charge on any atom is -0.508 e. The molecule has 70 valence electrons. The Hall–Kier alpha value is -0.980. The largest absolute Gasteiger partial charge is 0.508 e. The van der Waals surface area contributed by atoms with E-state index >= 15 is 0 Å². The Morgan fingerprint density at radius 2 is 2.00 bits per heavy atom. The second-order valence-electron chi connectivity index (χ2n) is 3.76. The first-order valence-corrected chi connectivity index (χ1v) is 5.15. The predicted octanol–water partition coefficient (Wildman–Crippen LogP) is 2.83. The molecule has 1 aromatic rings. The summed E-state index contributed by atoms with van der Waals surface area (Å²) in [4.78, 5) is 0. The van der Waals surface area contributed by atoms with Gasteiger partial charge in [0.25, 0.3) is 0 Å². The molecule has 0 fully saturated rings. The third kappa shape index (κ3) is 1.43. The van der Waals surface area contributed by atoms with Crippen molar-refractivity contribution < 1.29 is 5.11 Å². The molecule has 0 atom stereocenters. The minimum absolute atomic E-state index is 0.489. The third-order valence-electron chi connectivity index (χ3n) is 2.98. The molecule has 0 heterocycles. The molecule has 0 bridgehead atoms. The first-order valence-electron chi connectivity index (χ1n) is 5.15. The van der Waals surface area contributed by atoms with Crippen LogP contribution in [-0.4, -0.2) is 5.11 Å². The number of hydrogen-bond acceptors (Lipinski definition) is 1. The van der Waals surface area contributed by atoms with Crippen LogP contribution in [0.15, 0.2) is 12.1 Å². The van der Waals surface area contributed by atoms with Crippen LogP contribution in [0.2, 0.25) is 0 Å². The number of phenols is 1. The molecule has 0 amide bonds. The molecular formula is C12H16O. The van der Waals surface area contributed by atoms with Gasteiger partial charge in [0.2, 0.25) is 0 Å². The zero-order valence-corrected chi connectivity index (χ0v) is 8.14. The van der Waals surface area contributed by atoms with Crippen LogP contribution in [0.3, 0.4) is 0 Å². The maximum atomic E-state index is 9.67. The summed E-state index contributed by atoms with van der Waals surface area (Å²) in [7, 11) is 0. The van der Waals surface area contributed by atoms with Gasteiger partial charge in [-0.2, -0.15) is 0 Å². The average molecular weight is 176 g/mol. The number of rotatable bonds is 1. The normalized spacial score (nSPS) is 15.5. The Balaban J connectivity index is 2.52. The number of hydrogen-bond donors (Lipinski definition) is 1. The van der Waals surface area contributed by atoms with Gasteiger partial charge in [-0.15, -0.1) is 0 Å². The summed E-state index contributed by atoms with van der Waals surface area (Å²) in [5.41, 5.74) is 4.06. The second kappa shape index (κ2) is 3.41. The summed E-state index contributed by atoms with van der Waals surface area (Å²) in [6.07, 6.45) is 5.90. The van der Waals surface area contributed by atoms with Crippen molar-refractivity contribution >= 4 is 0 Å². The van der Waals surface area contributed by atoms with E-state index < -0.39 is 0 Å². The summed E-state index contributed by atoms with van der Waals surface area (Å²) < 4.78 is 0. The van der Waals surface area contributed by atoms with Gasteiger partial charge in [-0.1, -0.05) is 13.0 Å². The van der Waals surface area contributed by atoms with Gasteiger partial charge in [0.15, 0.2) is 0 Å². The lowest BCUT2D eigenvalue weighted by atomic mass is 9.87. The molecule has 1 aliphatic carbocycles. The van der Waals surface area contributed by atoms with Crippen LogP contribution in [0.1, 0.15) is 36.5 Å². The van der Waals surface area contributed by atoms with Gasteiger partial charge in [-0.3, -0.25) is 0 Å². The van der Waals surface area contributed by atoms with E-state index in [1.54, 1.807) is 0 Å². The summed E-state index contributed by atoms with van der Waals surface area (Å²) in [5.74, 6) is 0.489. The van der Waals surface area contributed by atoms with Crippen LogP contribution in [-0.2, 0) is 19.3 Å². The highest BCUT2D eigenvalue weighted by Gasteiger charge is 2.14. The highest BCUT2D eigenvalue weighted by atomic mass is 16.3. The van der Waals surface area contributed by atoms with E-state index in [2.05, 4.69) is 13.0 Å². The van der Waals surface area contributed by atoms with E-state index in [-0.39, 0.29) is 0 Å². The van der Waals surface area contributed by atoms with Crippen molar-refractivity contribution in [3.05, 3.63) is 28.8 Å². The molecule has 1 heteroatoms. The summed E-state index contributed by atoms with van der Waals surface area (Å²) in [6.45, 7) is 2.12. The van der Waals surface area contributed by atoms with Gasteiger partial charge in [-0.25, -0.2) is 0 Å². The monoisotopic (exact) mass is 176 g/mol. The quantitative estimate of drug-likeness (QED) is 0.697. The van der Waals surface area contributed by atoms with E-state index in [9.17, 15) is 5.11 Å². The SMILES string of the molecule is CCc1c(O)ccc2c1CCCC2. The van der Waals surface area contributed by atoms with Gasteiger partial charge in [0.05, 0.1) is 0 Å². The molecule has 0 saturated heterocycles. The molecule has 0 aromatic heterocycles. The van der Waals surface area contributed by atoms with Gasteiger partial charge < -0.3 is 5.11 Å². The van der Waals surface area contributed by atoms with Crippen LogP contribution >= 0.6 is 0 Å². The van der Waals surface area contributed by atoms with Crippen molar-refractivity contribution in [2.45, 2.75) is 39.0 Å². The van der Waals surface area contributed by atoms with Gasteiger partial charge >= 0.3 is 0 Å². The predicted molar refractivity (Wildman–Crippen MR) is 54.1 cm³/mol. The molecule has 13 heavy (non-hydrogen) atoms. The molecule has 0 aliphatic heterocycles. The maximum Gasteiger partial charge on any atom is 0.119 e. The number of benzene rings is 1. The van der Waals surface area contributed by atoms with Crippen LogP contribution in [0.5, 0.6) is 5.75 Å². The molecule has 0 spiro atoms. The molecule has 1 aromatic carbocycles. The van der Waals surface area contributed by atoms with Gasteiger partial charge in [0, 0.05) is 0 Å². The minimum atomic E-state index is 0.489. The lowest BCUT2D eigenvalue weighted by molar-refractivity contribution is 0.466.